The Bertz CT molecular complexity index is 181. The molecule has 0 heterocycles. The molecule has 10 heavy (non-hydrogen) atoms. The molecule has 0 saturated heterocycles. The third kappa shape index (κ3) is 2.53. The molecule has 0 aromatic rings. The van der Waals surface area contributed by atoms with Crippen LogP contribution in [0.1, 0.15) is 20.8 Å². The first-order chi connectivity index (χ1) is 4.59. The quantitative estimate of drug-likeness (QED) is 0.581. The minimum atomic E-state index is 0.861. The zero-order valence-electron chi connectivity index (χ0n) is 6.94. The number of hydrogen-bond acceptors (Lipinski definition) is 1. The molecule has 0 aromatic carbocycles. The Kier molecular flexibility index (Phi) is 3.55. The molecule has 0 atom stereocenters. The Labute approximate surface area is 62.9 Å². The van der Waals surface area contributed by atoms with Gasteiger partial charge in [-0.05, 0) is 26.3 Å². The highest BCUT2D eigenvalue weighted by molar-refractivity contribution is 5.31. The molecule has 0 aliphatic carbocycles. The van der Waals surface area contributed by atoms with E-state index in [2.05, 4.69) is 6.58 Å². The van der Waals surface area contributed by atoms with Crippen molar-refractivity contribution in [1.29, 1.82) is 0 Å². The fraction of sp³-hybridized carbons (Fsp3) is 0.333. The van der Waals surface area contributed by atoms with Crippen molar-refractivity contribution in [2.75, 3.05) is 0 Å². The Hall–Kier alpha value is -0.980. The maximum absolute atomic E-state index is 5.71. The molecule has 0 bridgehead atoms. The summed E-state index contributed by atoms with van der Waals surface area (Å²) in [6, 6.07) is 0. The van der Waals surface area contributed by atoms with E-state index in [1.54, 1.807) is 6.08 Å². The molecule has 0 fully saturated rings. The monoisotopic (exact) mass is 137 g/mol. The second-order valence-corrected chi connectivity index (χ2v) is 2.50. The molecule has 0 amide bonds. The molecule has 0 saturated carbocycles. The summed E-state index contributed by atoms with van der Waals surface area (Å²) in [4.78, 5) is 0. The molecule has 2 N–H and O–H groups in total. The van der Waals surface area contributed by atoms with Gasteiger partial charge in [0.25, 0.3) is 0 Å². The van der Waals surface area contributed by atoms with Gasteiger partial charge in [-0.15, -0.1) is 0 Å². The van der Waals surface area contributed by atoms with E-state index in [4.69, 9.17) is 5.73 Å². The smallest absolute Gasteiger partial charge is 0.0329 e. The fourth-order valence-corrected chi connectivity index (χ4v) is 0.661. The first kappa shape index (κ1) is 9.02. The number of hydrogen-bond donors (Lipinski definition) is 1. The summed E-state index contributed by atoms with van der Waals surface area (Å²) >= 11 is 0. The molecule has 0 radical (unpaired) electrons. The summed E-state index contributed by atoms with van der Waals surface area (Å²) in [6.45, 7) is 9.56. The summed E-state index contributed by atoms with van der Waals surface area (Å²) in [5.41, 5.74) is 8.80. The summed E-state index contributed by atoms with van der Waals surface area (Å²) in [5.74, 6) is 0. The van der Waals surface area contributed by atoms with Crippen LogP contribution in [-0.2, 0) is 0 Å². The zero-order valence-corrected chi connectivity index (χ0v) is 6.94. The van der Waals surface area contributed by atoms with E-state index in [-0.39, 0.29) is 0 Å². The van der Waals surface area contributed by atoms with Crippen LogP contribution in [0.2, 0.25) is 0 Å². The van der Waals surface area contributed by atoms with Crippen molar-refractivity contribution >= 4 is 0 Å². The number of nitrogens with two attached hydrogens (primary N) is 1. The van der Waals surface area contributed by atoms with Crippen LogP contribution in [0.25, 0.3) is 0 Å². The normalized spacial score (nSPS) is 10.9. The van der Waals surface area contributed by atoms with Crippen LogP contribution >= 0.6 is 0 Å². The van der Waals surface area contributed by atoms with Gasteiger partial charge in [0.15, 0.2) is 0 Å². The average molecular weight is 137 g/mol. The second kappa shape index (κ2) is 3.94. The van der Waals surface area contributed by atoms with E-state index < -0.39 is 0 Å². The molecule has 0 spiro atoms. The maximum atomic E-state index is 5.71. The number of allylic oxidation sites excluding steroid dienone is 4. The predicted octanol–water partition coefficient (Wildman–Crippen LogP) is 2.37. The van der Waals surface area contributed by atoms with Crippen LogP contribution in [0, 0.1) is 0 Å². The molecule has 1 heteroatoms. The van der Waals surface area contributed by atoms with Gasteiger partial charge >= 0.3 is 0 Å². The van der Waals surface area contributed by atoms with E-state index in [1.807, 2.05) is 26.8 Å². The van der Waals surface area contributed by atoms with Crippen LogP contribution < -0.4 is 5.73 Å². The Morgan fingerprint density at radius 3 is 2.10 bits per heavy atom. The van der Waals surface area contributed by atoms with Crippen molar-refractivity contribution < 1.29 is 0 Å². The first-order valence-electron chi connectivity index (χ1n) is 3.32. The lowest BCUT2D eigenvalue weighted by molar-refractivity contribution is 1.19. The highest BCUT2D eigenvalue weighted by atomic mass is 14.6. The van der Waals surface area contributed by atoms with Crippen molar-refractivity contribution in [2.24, 2.45) is 5.73 Å². The molecular weight excluding hydrogens is 122 g/mol. The minimum Gasteiger partial charge on any atom is -0.399 e. The third-order valence-corrected chi connectivity index (χ3v) is 1.33. The Morgan fingerprint density at radius 2 is 1.80 bits per heavy atom. The lowest BCUT2D eigenvalue weighted by Crippen LogP contribution is -2.00. The summed E-state index contributed by atoms with van der Waals surface area (Å²) in [5, 5.41) is 0. The lowest BCUT2D eigenvalue weighted by atomic mass is 10.1. The van der Waals surface area contributed by atoms with E-state index in [1.165, 1.54) is 0 Å². The van der Waals surface area contributed by atoms with E-state index in [0.717, 1.165) is 16.8 Å². The van der Waals surface area contributed by atoms with Crippen LogP contribution in [0.3, 0.4) is 0 Å². The molecule has 0 unspecified atom stereocenters. The minimum absolute atomic E-state index is 0.861. The standard InChI is InChI=1S/C9H15N/c1-5-6-8(4)9(10)7(2)3/h5-6H,1,10H2,2-4H3/b8-6-. The van der Waals surface area contributed by atoms with E-state index >= 15 is 0 Å². The van der Waals surface area contributed by atoms with Gasteiger partial charge in [-0.3, -0.25) is 0 Å². The van der Waals surface area contributed by atoms with Crippen molar-refractivity contribution in [3.63, 3.8) is 0 Å². The van der Waals surface area contributed by atoms with Gasteiger partial charge in [0.2, 0.25) is 0 Å². The molecule has 56 valence electrons. The molecular formula is C9H15N. The third-order valence-electron chi connectivity index (χ3n) is 1.33. The summed E-state index contributed by atoms with van der Waals surface area (Å²) in [7, 11) is 0. The highest BCUT2D eigenvalue weighted by Gasteiger charge is 1.92. The molecule has 0 rings (SSSR count). The first-order valence-corrected chi connectivity index (χ1v) is 3.32. The molecule has 1 nitrogen and oxygen atoms in total. The van der Waals surface area contributed by atoms with E-state index in [9.17, 15) is 0 Å². The van der Waals surface area contributed by atoms with Crippen LogP contribution in [0.15, 0.2) is 35.6 Å². The van der Waals surface area contributed by atoms with Gasteiger partial charge in [-0.2, -0.15) is 0 Å². The van der Waals surface area contributed by atoms with Gasteiger partial charge in [-0.25, -0.2) is 0 Å². The molecule has 0 aliphatic rings. The van der Waals surface area contributed by atoms with Gasteiger partial charge in [-0.1, -0.05) is 24.3 Å². The lowest BCUT2D eigenvalue weighted by Gasteiger charge is -2.01. The van der Waals surface area contributed by atoms with Gasteiger partial charge in [0.05, 0.1) is 0 Å². The van der Waals surface area contributed by atoms with Crippen molar-refractivity contribution in [3.05, 3.63) is 35.6 Å². The summed E-state index contributed by atoms with van der Waals surface area (Å²) in [6.07, 6.45) is 3.65. The van der Waals surface area contributed by atoms with Crippen LogP contribution in [0.5, 0.6) is 0 Å². The summed E-state index contributed by atoms with van der Waals surface area (Å²) < 4.78 is 0. The predicted molar refractivity (Wildman–Crippen MR) is 46.5 cm³/mol. The SMILES string of the molecule is C=C/C=C(/C)C(N)=C(C)C. The topological polar surface area (TPSA) is 26.0 Å². The maximum Gasteiger partial charge on any atom is 0.0329 e. The molecule has 0 aliphatic heterocycles. The van der Waals surface area contributed by atoms with Crippen LogP contribution in [0.4, 0.5) is 0 Å². The Morgan fingerprint density at radius 1 is 1.30 bits per heavy atom. The van der Waals surface area contributed by atoms with Gasteiger partial charge in [0.1, 0.15) is 0 Å². The van der Waals surface area contributed by atoms with Crippen molar-refractivity contribution in [3.8, 4) is 0 Å². The average Bonchev–Trinajstić information content (AvgIpc) is 1.87. The van der Waals surface area contributed by atoms with E-state index in [0.29, 0.717) is 0 Å². The number of rotatable bonds is 2. The van der Waals surface area contributed by atoms with Gasteiger partial charge in [0, 0.05) is 5.70 Å². The fourth-order valence-electron chi connectivity index (χ4n) is 0.661. The Balaban J connectivity index is 4.51. The van der Waals surface area contributed by atoms with Gasteiger partial charge < -0.3 is 5.73 Å². The second-order valence-electron chi connectivity index (χ2n) is 2.50. The van der Waals surface area contributed by atoms with Crippen molar-refractivity contribution in [1.82, 2.24) is 0 Å². The van der Waals surface area contributed by atoms with Crippen LogP contribution in [-0.4, -0.2) is 0 Å². The molecule has 0 aromatic heterocycles. The zero-order chi connectivity index (χ0) is 8.15. The highest BCUT2D eigenvalue weighted by Crippen LogP contribution is 2.07. The van der Waals surface area contributed by atoms with Crippen molar-refractivity contribution in [2.45, 2.75) is 20.8 Å². The largest absolute Gasteiger partial charge is 0.399 e.